The molecule has 0 aliphatic rings. The second-order valence-corrected chi connectivity index (χ2v) is 4.49. The Morgan fingerprint density at radius 2 is 1.73 bits per heavy atom. The minimum absolute atomic E-state index is 0.149. The predicted octanol–water partition coefficient (Wildman–Crippen LogP) is 2.82. The smallest absolute Gasteiger partial charge is 0.360 e. The van der Waals surface area contributed by atoms with E-state index in [0.717, 1.165) is 11.3 Å². The van der Waals surface area contributed by atoms with E-state index in [4.69, 9.17) is 9.57 Å². The zero-order valence-electron chi connectivity index (χ0n) is 12.6. The van der Waals surface area contributed by atoms with Crippen molar-refractivity contribution in [2.24, 2.45) is 5.16 Å². The monoisotopic (exact) mass is 298 g/mol. The lowest BCUT2D eigenvalue weighted by Crippen LogP contribution is -2.20. The first-order valence-electron chi connectivity index (χ1n) is 6.83. The molecule has 0 radical (unpaired) electrons. The molecule has 0 aliphatic heterocycles. The number of rotatable bonds is 6. The molecule has 22 heavy (non-hydrogen) atoms. The average molecular weight is 298 g/mol. The van der Waals surface area contributed by atoms with Crippen molar-refractivity contribution in [3.63, 3.8) is 0 Å². The quantitative estimate of drug-likeness (QED) is 0.506. The van der Waals surface area contributed by atoms with E-state index in [2.05, 4.69) is 10.5 Å². The van der Waals surface area contributed by atoms with Crippen LogP contribution in [0.2, 0.25) is 0 Å². The first kappa shape index (κ1) is 15.6. The zero-order chi connectivity index (χ0) is 15.8. The number of nitrogens with zero attached hydrogens (tertiary/aromatic N) is 1. The third kappa shape index (κ3) is 3.85. The highest BCUT2D eigenvalue weighted by Gasteiger charge is 2.18. The minimum atomic E-state index is -0.533. The summed E-state index contributed by atoms with van der Waals surface area (Å²) in [5, 5.41) is 7.10. The third-order valence-corrected chi connectivity index (χ3v) is 3.09. The normalized spacial score (nSPS) is 10.9. The van der Waals surface area contributed by atoms with E-state index in [-0.39, 0.29) is 5.71 Å². The van der Waals surface area contributed by atoms with Crippen LogP contribution in [-0.2, 0) is 20.9 Å². The zero-order valence-corrected chi connectivity index (χ0v) is 12.6. The summed E-state index contributed by atoms with van der Waals surface area (Å²) in [6.45, 7) is 0.555. The standard InChI is InChI=1S/C17H18N2O3/c1-21-17(20)16(19-22-2)15-11-7-6-8-13(15)12-18-14-9-4-3-5-10-14/h3-11,18H,12H2,1-2H3/b19-16+. The van der Waals surface area contributed by atoms with Gasteiger partial charge in [0.1, 0.15) is 7.11 Å². The van der Waals surface area contributed by atoms with E-state index in [0.29, 0.717) is 12.1 Å². The number of carbonyl (C=O) groups is 1. The summed E-state index contributed by atoms with van der Waals surface area (Å²) in [7, 11) is 2.71. The fourth-order valence-corrected chi connectivity index (χ4v) is 2.04. The Kier molecular flexibility index (Phi) is 5.54. The lowest BCUT2D eigenvalue weighted by atomic mass is 10.0. The average Bonchev–Trinajstić information content (AvgIpc) is 2.58. The Hall–Kier alpha value is -2.82. The van der Waals surface area contributed by atoms with Gasteiger partial charge in [-0.1, -0.05) is 47.6 Å². The van der Waals surface area contributed by atoms with Crippen molar-refractivity contribution >= 4 is 17.4 Å². The van der Waals surface area contributed by atoms with Crippen molar-refractivity contribution < 1.29 is 14.4 Å². The van der Waals surface area contributed by atoms with Gasteiger partial charge in [-0.3, -0.25) is 0 Å². The summed E-state index contributed by atoms with van der Waals surface area (Å²) in [5.74, 6) is -0.533. The first-order valence-corrected chi connectivity index (χ1v) is 6.83. The van der Waals surface area contributed by atoms with E-state index in [1.165, 1.54) is 14.2 Å². The molecule has 0 saturated carbocycles. The largest absolute Gasteiger partial charge is 0.464 e. The molecule has 0 atom stereocenters. The number of anilines is 1. The van der Waals surface area contributed by atoms with E-state index in [1.807, 2.05) is 54.6 Å². The van der Waals surface area contributed by atoms with Gasteiger partial charge in [0, 0.05) is 17.8 Å². The third-order valence-electron chi connectivity index (χ3n) is 3.09. The fourth-order valence-electron chi connectivity index (χ4n) is 2.04. The van der Waals surface area contributed by atoms with Gasteiger partial charge in [0.2, 0.25) is 0 Å². The van der Waals surface area contributed by atoms with Crippen molar-refractivity contribution in [2.75, 3.05) is 19.5 Å². The number of ether oxygens (including phenoxy) is 1. The first-order chi connectivity index (χ1) is 10.8. The van der Waals surface area contributed by atoms with Crippen LogP contribution >= 0.6 is 0 Å². The molecule has 0 aliphatic carbocycles. The Balaban J connectivity index is 2.26. The Bertz CT molecular complexity index is 654. The molecule has 0 amide bonds. The van der Waals surface area contributed by atoms with Crippen LogP contribution < -0.4 is 5.32 Å². The minimum Gasteiger partial charge on any atom is -0.464 e. The number of esters is 1. The van der Waals surface area contributed by atoms with Gasteiger partial charge in [0.15, 0.2) is 5.71 Å². The number of benzene rings is 2. The van der Waals surface area contributed by atoms with Gasteiger partial charge in [0.05, 0.1) is 7.11 Å². The number of hydrogen-bond acceptors (Lipinski definition) is 5. The molecule has 2 aromatic rings. The van der Waals surface area contributed by atoms with Crippen LogP contribution in [0.15, 0.2) is 59.8 Å². The number of nitrogens with one attached hydrogen (secondary N) is 1. The van der Waals surface area contributed by atoms with E-state index in [1.54, 1.807) is 0 Å². The maximum absolute atomic E-state index is 11.9. The summed E-state index contributed by atoms with van der Waals surface area (Å²) >= 11 is 0. The Morgan fingerprint density at radius 1 is 1.05 bits per heavy atom. The van der Waals surface area contributed by atoms with Crippen LogP contribution in [0.3, 0.4) is 0 Å². The van der Waals surface area contributed by atoms with Crippen LogP contribution in [-0.4, -0.2) is 25.9 Å². The van der Waals surface area contributed by atoms with Gasteiger partial charge in [-0.05, 0) is 17.7 Å². The molecule has 2 aromatic carbocycles. The second-order valence-electron chi connectivity index (χ2n) is 4.49. The highest BCUT2D eigenvalue weighted by Crippen LogP contribution is 2.14. The Morgan fingerprint density at radius 3 is 2.41 bits per heavy atom. The number of para-hydroxylation sites is 1. The van der Waals surface area contributed by atoms with Crippen LogP contribution in [0.25, 0.3) is 0 Å². The molecule has 1 N–H and O–H groups in total. The van der Waals surface area contributed by atoms with Gasteiger partial charge in [-0.25, -0.2) is 4.79 Å². The fraction of sp³-hybridized carbons (Fsp3) is 0.176. The molecule has 0 unspecified atom stereocenters. The van der Waals surface area contributed by atoms with Crippen molar-refractivity contribution in [2.45, 2.75) is 6.54 Å². The van der Waals surface area contributed by atoms with Gasteiger partial charge in [0.25, 0.3) is 0 Å². The van der Waals surface area contributed by atoms with Crippen molar-refractivity contribution in [3.05, 3.63) is 65.7 Å². The van der Waals surface area contributed by atoms with Crippen molar-refractivity contribution in [1.29, 1.82) is 0 Å². The summed E-state index contributed by atoms with van der Waals surface area (Å²) in [5.41, 5.74) is 2.75. The molecule has 0 heterocycles. The van der Waals surface area contributed by atoms with Crippen molar-refractivity contribution in [3.8, 4) is 0 Å². The second kappa shape index (κ2) is 7.83. The van der Waals surface area contributed by atoms with Crippen LogP contribution in [0.1, 0.15) is 11.1 Å². The maximum Gasteiger partial charge on any atom is 0.360 e. The topological polar surface area (TPSA) is 59.9 Å². The lowest BCUT2D eigenvalue weighted by molar-refractivity contribution is -0.132. The van der Waals surface area contributed by atoms with Crippen molar-refractivity contribution in [1.82, 2.24) is 0 Å². The van der Waals surface area contributed by atoms with Crippen LogP contribution in [0, 0.1) is 0 Å². The molecular formula is C17H18N2O3. The molecule has 0 fully saturated rings. The van der Waals surface area contributed by atoms with E-state index in [9.17, 15) is 4.79 Å². The highest BCUT2D eigenvalue weighted by molar-refractivity contribution is 6.43. The van der Waals surface area contributed by atoms with E-state index >= 15 is 0 Å². The summed E-state index contributed by atoms with van der Waals surface area (Å²) in [6.07, 6.45) is 0. The van der Waals surface area contributed by atoms with Gasteiger partial charge in [-0.15, -0.1) is 0 Å². The van der Waals surface area contributed by atoms with Crippen LogP contribution in [0.5, 0.6) is 0 Å². The molecule has 0 spiro atoms. The lowest BCUT2D eigenvalue weighted by Gasteiger charge is -2.12. The summed E-state index contributed by atoms with van der Waals surface area (Å²) in [6, 6.07) is 17.3. The summed E-state index contributed by atoms with van der Waals surface area (Å²) in [4.78, 5) is 16.6. The van der Waals surface area contributed by atoms with E-state index < -0.39 is 5.97 Å². The number of hydrogen-bond donors (Lipinski definition) is 1. The molecule has 5 heteroatoms. The number of oxime groups is 1. The molecular weight excluding hydrogens is 280 g/mol. The SMILES string of the molecule is CO/N=C(/C(=O)OC)c1ccccc1CNc1ccccc1. The molecule has 5 nitrogen and oxygen atoms in total. The number of carbonyl (C=O) groups excluding carboxylic acids is 1. The molecule has 0 saturated heterocycles. The van der Waals surface area contributed by atoms with Gasteiger partial charge >= 0.3 is 5.97 Å². The Labute approximate surface area is 129 Å². The molecule has 0 bridgehead atoms. The summed E-state index contributed by atoms with van der Waals surface area (Å²) < 4.78 is 4.77. The predicted molar refractivity (Wildman–Crippen MR) is 85.8 cm³/mol. The van der Waals surface area contributed by atoms with Gasteiger partial charge in [-0.2, -0.15) is 0 Å². The molecule has 2 rings (SSSR count). The van der Waals surface area contributed by atoms with Crippen LogP contribution in [0.4, 0.5) is 5.69 Å². The molecule has 0 aromatic heterocycles. The highest BCUT2D eigenvalue weighted by atomic mass is 16.6. The van der Waals surface area contributed by atoms with Gasteiger partial charge < -0.3 is 14.9 Å². The number of methoxy groups -OCH3 is 1. The molecule has 114 valence electrons. The maximum atomic E-state index is 11.9.